The van der Waals surface area contributed by atoms with Crippen LogP contribution >= 0.6 is 11.6 Å². The normalized spacial score (nSPS) is 11.7. The lowest BCUT2D eigenvalue weighted by Crippen LogP contribution is -2.15. The Labute approximate surface area is 86.1 Å². The van der Waals surface area contributed by atoms with Gasteiger partial charge in [0.25, 0.3) is 0 Å². The standard InChI is InChI=1S/C9H10BClF3/c11-7-9-3-1-8(2-4-9)5-6-10(12,13)14/h1-4H,5-7H2/q-1. The van der Waals surface area contributed by atoms with Gasteiger partial charge in [0.05, 0.1) is 0 Å². The van der Waals surface area contributed by atoms with E-state index in [2.05, 4.69) is 0 Å². The minimum Gasteiger partial charge on any atom is -0.449 e. The van der Waals surface area contributed by atoms with Crippen molar-refractivity contribution in [2.75, 3.05) is 0 Å². The highest BCUT2D eigenvalue weighted by molar-refractivity contribution is 6.58. The second kappa shape index (κ2) is 4.74. The van der Waals surface area contributed by atoms with Gasteiger partial charge >= 0.3 is 6.98 Å². The van der Waals surface area contributed by atoms with Gasteiger partial charge in [0.1, 0.15) is 0 Å². The van der Waals surface area contributed by atoms with E-state index >= 15 is 0 Å². The Morgan fingerprint density at radius 3 is 1.93 bits per heavy atom. The molecular weight excluding hydrogens is 211 g/mol. The largest absolute Gasteiger partial charge is 0.478 e. The molecule has 0 amide bonds. The highest BCUT2D eigenvalue weighted by Gasteiger charge is 2.21. The van der Waals surface area contributed by atoms with Crippen molar-refractivity contribution in [3.63, 3.8) is 0 Å². The molecule has 0 radical (unpaired) electrons. The van der Waals surface area contributed by atoms with Crippen molar-refractivity contribution in [2.45, 2.75) is 18.6 Å². The average Bonchev–Trinajstić information content (AvgIpc) is 2.14. The smallest absolute Gasteiger partial charge is 0.449 e. The van der Waals surface area contributed by atoms with Gasteiger partial charge in [-0.15, -0.1) is 11.6 Å². The fourth-order valence-corrected chi connectivity index (χ4v) is 1.30. The second-order valence-electron chi connectivity index (χ2n) is 3.20. The summed E-state index contributed by atoms with van der Waals surface area (Å²) in [7, 11) is 0. The Kier molecular flexibility index (Phi) is 3.87. The summed E-state index contributed by atoms with van der Waals surface area (Å²) in [6.45, 7) is -4.67. The number of aryl methyl sites for hydroxylation is 1. The van der Waals surface area contributed by atoms with Crippen LogP contribution in [0.25, 0.3) is 0 Å². The van der Waals surface area contributed by atoms with E-state index in [0.717, 1.165) is 5.56 Å². The van der Waals surface area contributed by atoms with Crippen molar-refractivity contribution in [1.82, 2.24) is 0 Å². The third-order valence-corrected chi connectivity index (χ3v) is 2.25. The fourth-order valence-electron chi connectivity index (χ4n) is 1.13. The molecule has 1 rings (SSSR count). The molecule has 5 heteroatoms. The first-order valence-corrected chi connectivity index (χ1v) is 4.89. The third-order valence-electron chi connectivity index (χ3n) is 1.94. The van der Waals surface area contributed by atoms with Crippen LogP contribution in [0.1, 0.15) is 11.1 Å². The van der Waals surface area contributed by atoms with Crippen molar-refractivity contribution in [3.8, 4) is 0 Å². The Balaban J connectivity index is 2.52. The molecule has 0 aliphatic rings. The zero-order valence-corrected chi connectivity index (χ0v) is 8.28. The van der Waals surface area contributed by atoms with Crippen LogP contribution in [0.5, 0.6) is 0 Å². The van der Waals surface area contributed by atoms with E-state index in [1.807, 2.05) is 0 Å². The summed E-state index contributed by atoms with van der Waals surface area (Å²) >= 11 is 5.55. The van der Waals surface area contributed by atoms with Gasteiger partial charge in [0, 0.05) is 5.88 Å². The Morgan fingerprint density at radius 1 is 1.00 bits per heavy atom. The second-order valence-corrected chi connectivity index (χ2v) is 3.47. The number of hydrogen-bond acceptors (Lipinski definition) is 0. The molecule has 78 valence electrons. The summed E-state index contributed by atoms with van der Waals surface area (Å²) in [5.74, 6) is 0.392. The Hall–Kier alpha value is -0.635. The lowest BCUT2D eigenvalue weighted by atomic mass is 9.82. The van der Waals surface area contributed by atoms with Gasteiger partial charge in [-0.3, -0.25) is 0 Å². The van der Waals surface area contributed by atoms with Crippen LogP contribution in [0.15, 0.2) is 24.3 Å². The van der Waals surface area contributed by atoms with Crippen LogP contribution < -0.4 is 0 Å². The summed E-state index contributed by atoms with van der Waals surface area (Å²) in [6, 6.07) is 6.90. The zero-order valence-electron chi connectivity index (χ0n) is 7.52. The highest BCUT2D eigenvalue weighted by atomic mass is 35.5. The molecular formula is C9H10BClF3-. The van der Waals surface area contributed by atoms with Gasteiger partial charge < -0.3 is 12.9 Å². The summed E-state index contributed by atoms with van der Waals surface area (Å²) < 4.78 is 35.8. The highest BCUT2D eigenvalue weighted by Crippen LogP contribution is 2.18. The topological polar surface area (TPSA) is 0 Å². The number of hydrogen-bond donors (Lipinski definition) is 0. The number of alkyl halides is 1. The van der Waals surface area contributed by atoms with Gasteiger partial charge in [0.15, 0.2) is 0 Å². The SMILES string of the molecule is F[B-](F)(F)CCc1ccc(CCl)cc1. The number of benzene rings is 1. The molecule has 0 aliphatic heterocycles. The van der Waals surface area contributed by atoms with Crippen molar-refractivity contribution in [3.05, 3.63) is 35.4 Å². The molecule has 0 atom stereocenters. The summed E-state index contributed by atoms with van der Waals surface area (Å²) in [4.78, 5) is 0. The molecule has 1 aromatic rings. The summed E-state index contributed by atoms with van der Waals surface area (Å²) in [6.07, 6.45) is -0.647. The van der Waals surface area contributed by atoms with Crippen LogP contribution in [-0.4, -0.2) is 6.98 Å². The van der Waals surface area contributed by atoms with Crippen LogP contribution in [0.3, 0.4) is 0 Å². The molecule has 0 heterocycles. The van der Waals surface area contributed by atoms with Gasteiger partial charge in [-0.2, -0.15) is 0 Å². The molecule has 0 saturated heterocycles. The third kappa shape index (κ3) is 4.05. The van der Waals surface area contributed by atoms with E-state index in [0.29, 0.717) is 11.4 Å². The van der Waals surface area contributed by atoms with Gasteiger partial charge in [0.2, 0.25) is 0 Å². The van der Waals surface area contributed by atoms with Gasteiger partial charge in [-0.05, 0) is 5.56 Å². The molecule has 14 heavy (non-hydrogen) atoms. The van der Waals surface area contributed by atoms with Gasteiger partial charge in [-0.25, -0.2) is 0 Å². The first-order valence-electron chi connectivity index (χ1n) is 4.36. The lowest BCUT2D eigenvalue weighted by molar-refractivity contribution is 0.467. The number of halogens is 4. The minimum atomic E-state index is -4.67. The predicted octanol–water partition coefficient (Wildman–Crippen LogP) is 3.82. The minimum absolute atomic E-state index is 0.0616. The molecule has 0 nitrogen and oxygen atoms in total. The molecule has 0 fully saturated rings. The van der Waals surface area contributed by atoms with E-state index in [1.165, 1.54) is 0 Å². The van der Waals surface area contributed by atoms with Crippen LogP contribution in [-0.2, 0) is 12.3 Å². The van der Waals surface area contributed by atoms with Crippen molar-refractivity contribution >= 4 is 18.6 Å². The van der Waals surface area contributed by atoms with E-state index in [-0.39, 0.29) is 6.42 Å². The van der Waals surface area contributed by atoms with E-state index in [4.69, 9.17) is 11.6 Å². The molecule has 0 aromatic heterocycles. The maximum Gasteiger partial charge on any atom is 0.478 e. The summed E-state index contributed by atoms with van der Waals surface area (Å²) in [5.41, 5.74) is 1.63. The van der Waals surface area contributed by atoms with Crippen LogP contribution in [0.4, 0.5) is 12.9 Å². The molecule has 1 aromatic carbocycles. The average molecular weight is 221 g/mol. The molecule has 0 bridgehead atoms. The van der Waals surface area contributed by atoms with Crippen molar-refractivity contribution in [1.29, 1.82) is 0 Å². The van der Waals surface area contributed by atoms with E-state index in [1.54, 1.807) is 24.3 Å². The molecule has 0 spiro atoms. The van der Waals surface area contributed by atoms with Crippen LogP contribution in [0.2, 0.25) is 6.32 Å². The fraction of sp³-hybridized carbons (Fsp3) is 0.333. The predicted molar refractivity (Wildman–Crippen MR) is 53.6 cm³/mol. The van der Waals surface area contributed by atoms with E-state index < -0.39 is 13.3 Å². The quantitative estimate of drug-likeness (QED) is 0.536. The molecule has 0 unspecified atom stereocenters. The molecule has 0 aliphatic carbocycles. The first kappa shape index (κ1) is 11.4. The van der Waals surface area contributed by atoms with Crippen LogP contribution in [0, 0.1) is 0 Å². The Bertz CT molecular complexity index is 281. The molecule has 0 N–H and O–H groups in total. The first-order chi connectivity index (χ1) is 6.51. The zero-order chi connectivity index (χ0) is 10.6. The Morgan fingerprint density at radius 2 is 1.50 bits per heavy atom. The molecule has 0 saturated carbocycles. The van der Waals surface area contributed by atoms with Crippen molar-refractivity contribution < 1.29 is 12.9 Å². The maximum absolute atomic E-state index is 11.9. The maximum atomic E-state index is 11.9. The lowest BCUT2D eigenvalue weighted by Gasteiger charge is -2.12. The summed E-state index contributed by atoms with van der Waals surface area (Å²) in [5, 5.41) is 0. The number of rotatable bonds is 4. The monoisotopic (exact) mass is 221 g/mol. The van der Waals surface area contributed by atoms with Crippen molar-refractivity contribution in [2.24, 2.45) is 0 Å². The van der Waals surface area contributed by atoms with E-state index in [9.17, 15) is 12.9 Å². The van der Waals surface area contributed by atoms with Gasteiger partial charge in [-0.1, -0.05) is 42.6 Å².